The van der Waals surface area contributed by atoms with Gasteiger partial charge in [0.25, 0.3) is 0 Å². The van der Waals surface area contributed by atoms with Crippen LogP contribution in [0.3, 0.4) is 0 Å². The summed E-state index contributed by atoms with van der Waals surface area (Å²) in [4.78, 5) is 17.7. The van der Waals surface area contributed by atoms with Gasteiger partial charge in [0.15, 0.2) is 0 Å². The van der Waals surface area contributed by atoms with E-state index in [0.717, 1.165) is 11.8 Å². The van der Waals surface area contributed by atoms with E-state index in [1.165, 1.54) is 0 Å². The number of nitro groups is 1. The lowest BCUT2D eigenvalue weighted by Crippen LogP contribution is -2.18. The molecule has 1 heterocycles. The molecule has 0 bridgehead atoms. The largest absolute Gasteiger partial charge is 0.522 e. The number of ether oxygens (including phenoxy) is 2. The quantitative estimate of drug-likeness (QED) is 0.419. The normalized spacial score (nSPS) is 10.9. The van der Waals surface area contributed by atoms with Gasteiger partial charge in [-0.25, -0.2) is 0 Å². The molecule has 2 rings (SSSR count). The number of hydrogen-bond acceptors (Lipinski definition) is 8. The molecule has 0 aliphatic rings. The van der Waals surface area contributed by atoms with Crippen molar-refractivity contribution in [2.75, 3.05) is 18.5 Å². The minimum Gasteiger partial charge on any atom is -0.461 e. The molecule has 9 nitrogen and oxygen atoms in total. The van der Waals surface area contributed by atoms with E-state index in [0.29, 0.717) is 5.56 Å². The van der Waals surface area contributed by atoms with Crippen molar-refractivity contribution in [3.63, 3.8) is 0 Å². The Labute approximate surface area is 150 Å². The summed E-state index contributed by atoms with van der Waals surface area (Å²) in [7, 11) is 0. The van der Waals surface area contributed by atoms with Gasteiger partial charge in [0.05, 0.1) is 23.2 Å². The number of nitrogens with zero attached hydrogens (tertiary/aromatic N) is 4. The average molecular weight is 383 g/mol. The topological polar surface area (TPSA) is 123 Å². The van der Waals surface area contributed by atoms with Crippen molar-refractivity contribution in [3.05, 3.63) is 51.7 Å². The van der Waals surface area contributed by atoms with E-state index in [-0.39, 0.29) is 18.4 Å². The van der Waals surface area contributed by atoms with E-state index in [2.05, 4.69) is 20.0 Å². The minimum atomic E-state index is -4.78. The first kappa shape index (κ1) is 19.9. The molecule has 27 heavy (non-hydrogen) atoms. The predicted octanol–water partition coefficient (Wildman–Crippen LogP) is 2.78. The van der Waals surface area contributed by atoms with Crippen molar-refractivity contribution in [1.82, 2.24) is 9.97 Å². The maximum atomic E-state index is 11.9. The lowest BCUT2D eigenvalue weighted by Gasteiger charge is -2.10. The summed E-state index contributed by atoms with van der Waals surface area (Å²) in [5, 5.41) is 22.6. The Kier molecular flexibility index (Phi) is 6.45. The summed E-state index contributed by atoms with van der Waals surface area (Å²) in [5.41, 5.74) is 0.758. The number of nitriles is 1. The molecule has 142 valence electrons. The van der Waals surface area contributed by atoms with Gasteiger partial charge in [0.1, 0.15) is 12.8 Å². The molecule has 0 saturated carbocycles. The Morgan fingerprint density at radius 2 is 1.96 bits per heavy atom. The minimum absolute atomic E-state index is 0.153. The smallest absolute Gasteiger partial charge is 0.461 e. The molecule has 0 unspecified atom stereocenters. The average Bonchev–Trinajstić information content (AvgIpc) is 2.63. The number of anilines is 1. The van der Waals surface area contributed by atoms with Gasteiger partial charge >= 0.3 is 18.1 Å². The van der Waals surface area contributed by atoms with Crippen molar-refractivity contribution in [2.24, 2.45) is 0 Å². The third kappa shape index (κ3) is 6.40. The molecule has 1 N–H and O–H groups in total. The number of nitrogens with one attached hydrogen (secondary N) is 1. The fourth-order valence-corrected chi connectivity index (χ4v) is 1.87. The summed E-state index contributed by atoms with van der Waals surface area (Å²) in [5.74, 6) is -0.161. The van der Waals surface area contributed by atoms with Crippen LogP contribution in [0.1, 0.15) is 11.1 Å². The lowest BCUT2D eigenvalue weighted by atomic mass is 10.1. The van der Waals surface area contributed by atoms with Crippen molar-refractivity contribution in [2.45, 2.75) is 12.9 Å². The number of alkyl halides is 3. The van der Waals surface area contributed by atoms with Crippen LogP contribution >= 0.6 is 0 Å². The molecule has 2 aromatic rings. The summed E-state index contributed by atoms with van der Waals surface area (Å²) in [6.07, 6.45) is -3.90. The molecule has 0 aliphatic carbocycles. The van der Waals surface area contributed by atoms with E-state index in [1.54, 1.807) is 24.3 Å². The molecular weight excluding hydrogens is 371 g/mol. The lowest BCUT2D eigenvalue weighted by molar-refractivity contribution is -0.384. The van der Waals surface area contributed by atoms with E-state index >= 15 is 0 Å². The monoisotopic (exact) mass is 383 g/mol. The zero-order valence-electron chi connectivity index (χ0n) is 13.6. The van der Waals surface area contributed by atoms with Gasteiger partial charge in [-0.05, 0) is 17.7 Å². The number of aromatic nitrogens is 2. The Morgan fingerprint density at radius 1 is 1.26 bits per heavy atom. The molecule has 0 spiro atoms. The molecule has 0 amide bonds. The second-order valence-corrected chi connectivity index (χ2v) is 4.95. The number of hydrogen-bond donors (Lipinski definition) is 1. The molecule has 0 atom stereocenters. The molecule has 0 saturated heterocycles. The highest BCUT2D eigenvalue weighted by Gasteiger charge is 2.28. The van der Waals surface area contributed by atoms with E-state index in [9.17, 15) is 23.3 Å². The third-order valence-electron chi connectivity index (χ3n) is 3.07. The third-order valence-corrected chi connectivity index (χ3v) is 3.07. The fraction of sp³-hybridized carbons (Fsp3) is 0.267. The number of rotatable bonds is 8. The van der Waals surface area contributed by atoms with Crippen LogP contribution in [-0.4, -0.2) is 34.5 Å². The highest BCUT2D eigenvalue weighted by Crippen LogP contribution is 2.23. The number of benzene rings is 1. The zero-order valence-corrected chi connectivity index (χ0v) is 13.6. The Bertz CT molecular complexity index is 837. The summed E-state index contributed by atoms with van der Waals surface area (Å²) in [6, 6.07) is 8.11. The predicted molar refractivity (Wildman–Crippen MR) is 84.7 cm³/mol. The van der Waals surface area contributed by atoms with Crippen LogP contribution in [0.2, 0.25) is 0 Å². The molecule has 1 aromatic heterocycles. The maximum absolute atomic E-state index is 11.9. The standard InChI is InChI=1S/C15H12F3N5O4/c16-15(17,18)27-6-5-26-14-21-9-12(23(24)25)13(22-14)20-8-11-3-1-10(7-19)2-4-11/h1-4,9H,5-6,8H2,(H,20,21,22). The van der Waals surface area contributed by atoms with Crippen LogP contribution in [0.15, 0.2) is 30.5 Å². The highest BCUT2D eigenvalue weighted by molar-refractivity contribution is 5.55. The van der Waals surface area contributed by atoms with Crippen LogP contribution in [-0.2, 0) is 11.3 Å². The van der Waals surface area contributed by atoms with Gasteiger partial charge in [0.2, 0.25) is 5.82 Å². The van der Waals surface area contributed by atoms with Gasteiger partial charge in [-0.2, -0.15) is 15.2 Å². The molecule has 0 radical (unpaired) electrons. The number of halogens is 3. The van der Waals surface area contributed by atoms with Crippen molar-refractivity contribution < 1.29 is 27.6 Å². The van der Waals surface area contributed by atoms with E-state index < -0.39 is 30.2 Å². The van der Waals surface area contributed by atoms with Gasteiger partial charge in [-0.15, -0.1) is 13.2 Å². The maximum Gasteiger partial charge on any atom is 0.522 e. The first-order valence-electron chi connectivity index (χ1n) is 7.36. The molecule has 1 aromatic carbocycles. The summed E-state index contributed by atoms with van der Waals surface area (Å²) < 4.78 is 44.1. The molecular formula is C15H12F3N5O4. The molecule has 0 fully saturated rings. The summed E-state index contributed by atoms with van der Waals surface area (Å²) >= 11 is 0. The van der Waals surface area contributed by atoms with E-state index in [4.69, 9.17) is 10.00 Å². The molecule has 12 heteroatoms. The summed E-state index contributed by atoms with van der Waals surface area (Å²) in [6.45, 7) is -1.12. The molecule has 0 aliphatic heterocycles. The Morgan fingerprint density at radius 3 is 2.56 bits per heavy atom. The van der Waals surface area contributed by atoms with Gasteiger partial charge < -0.3 is 10.1 Å². The van der Waals surface area contributed by atoms with Crippen molar-refractivity contribution in [1.29, 1.82) is 5.26 Å². The first-order valence-corrected chi connectivity index (χ1v) is 7.36. The van der Waals surface area contributed by atoms with Crippen LogP contribution in [0.25, 0.3) is 0 Å². The van der Waals surface area contributed by atoms with Crippen molar-refractivity contribution >= 4 is 11.5 Å². The van der Waals surface area contributed by atoms with Crippen LogP contribution in [0, 0.1) is 21.4 Å². The Hall–Kier alpha value is -3.46. The van der Waals surface area contributed by atoms with Gasteiger partial charge in [-0.3, -0.25) is 14.9 Å². The zero-order chi connectivity index (χ0) is 19.9. The van der Waals surface area contributed by atoms with Gasteiger partial charge in [-0.1, -0.05) is 12.1 Å². The van der Waals surface area contributed by atoms with Crippen LogP contribution < -0.4 is 10.1 Å². The second-order valence-electron chi connectivity index (χ2n) is 4.95. The highest BCUT2D eigenvalue weighted by atomic mass is 19.4. The first-order chi connectivity index (χ1) is 12.8. The van der Waals surface area contributed by atoms with Crippen LogP contribution in [0.5, 0.6) is 6.01 Å². The van der Waals surface area contributed by atoms with Crippen molar-refractivity contribution in [3.8, 4) is 12.1 Å². The van der Waals surface area contributed by atoms with E-state index in [1.807, 2.05) is 6.07 Å². The van der Waals surface area contributed by atoms with Gasteiger partial charge in [0, 0.05) is 6.54 Å². The second kappa shape index (κ2) is 8.77. The SMILES string of the molecule is N#Cc1ccc(CNc2nc(OCCOC(F)(F)F)ncc2[N+](=O)[O-])cc1. The fourth-order valence-electron chi connectivity index (χ4n) is 1.87. The Balaban J connectivity index is 2.03. The van der Waals surface area contributed by atoms with Crippen LogP contribution in [0.4, 0.5) is 24.7 Å².